The van der Waals surface area contributed by atoms with E-state index >= 15 is 0 Å². The Morgan fingerprint density at radius 3 is 2.40 bits per heavy atom. The van der Waals surface area contributed by atoms with Gasteiger partial charge in [-0.25, -0.2) is 4.79 Å². The summed E-state index contributed by atoms with van der Waals surface area (Å²) in [6.07, 6.45) is -1.96. The lowest BCUT2D eigenvalue weighted by atomic mass is 9.70. The lowest BCUT2D eigenvalue weighted by molar-refractivity contribution is -0.304. The van der Waals surface area contributed by atoms with Crippen molar-refractivity contribution >= 4 is 17.8 Å². The SMILES string of the molecule is CC[C@H]1OC(=O)[C@]2(C)CCO[C@](C)(C[C@@H](C)CC[C@H](C)[C@H]3NC(=O)O[C@@]31C)[C@H](O[C@@H]1O[C@H](CO)C[C@H](N(C)C)[C@H]1O)[C@@H](C)C2=O. The molecule has 45 heavy (non-hydrogen) atoms. The van der Waals surface area contributed by atoms with Gasteiger partial charge < -0.3 is 44.1 Å². The molecule has 0 spiro atoms. The molecule has 0 aromatic carbocycles. The van der Waals surface area contributed by atoms with E-state index in [2.05, 4.69) is 19.2 Å². The topological polar surface area (TPSA) is 153 Å². The number of aliphatic hydroxyl groups is 2. The van der Waals surface area contributed by atoms with Crippen molar-refractivity contribution < 1.29 is 48.3 Å². The third kappa shape index (κ3) is 6.92. The van der Waals surface area contributed by atoms with Crippen LogP contribution in [0.25, 0.3) is 0 Å². The number of nitrogens with one attached hydrogen (secondary N) is 1. The van der Waals surface area contributed by atoms with Crippen LogP contribution in [-0.2, 0) is 33.3 Å². The van der Waals surface area contributed by atoms with Gasteiger partial charge in [-0.3, -0.25) is 9.59 Å². The maximum absolute atomic E-state index is 14.5. The number of fused-ring (bicyclic) bond motifs is 10. The fourth-order valence-corrected chi connectivity index (χ4v) is 8.22. The van der Waals surface area contributed by atoms with Crippen molar-refractivity contribution in [1.29, 1.82) is 0 Å². The van der Waals surface area contributed by atoms with Crippen LogP contribution in [0.2, 0.25) is 0 Å². The first-order valence-electron chi connectivity index (χ1n) is 16.7. The molecular weight excluding hydrogens is 584 g/mol. The van der Waals surface area contributed by atoms with Gasteiger partial charge in [-0.2, -0.15) is 0 Å². The van der Waals surface area contributed by atoms with Gasteiger partial charge in [-0.1, -0.05) is 34.1 Å². The molecule has 5 heterocycles. The number of carbonyl (C=O) groups is 3. The molecule has 5 aliphatic heterocycles. The van der Waals surface area contributed by atoms with Gasteiger partial charge in [0.15, 0.2) is 17.7 Å². The highest BCUT2D eigenvalue weighted by molar-refractivity contribution is 6.04. The van der Waals surface area contributed by atoms with Gasteiger partial charge in [0.05, 0.1) is 30.5 Å². The molecular formula is C33H56N2O10. The molecule has 0 aliphatic carbocycles. The molecule has 12 nitrogen and oxygen atoms in total. The van der Waals surface area contributed by atoms with Crippen molar-refractivity contribution in [3.63, 3.8) is 0 Å². The summed E-state index contributed by atoms with van der Waals surface area (Å²) in [5.74, 6) is -1.77. The predicted molar refractivity (Wildman–Crippen MR) is 164 cm³/mol. The Bertz CT molecular complexity index is 1090. The Balaban J connectivity index is 1.76. The number of aliphatic hydroxyl groups excluding tert-OH is 2. The first kappa shape index (κ1) is 36.0. The van der Waals surface area contributed by atoms with Gasteiger partial charge in [-0.05, 0) is 78.8 Å². The summed E-state index contributed by atoms with van der Waals surface area (Å²) in [4.78, 5) is 43.0. The summed E-state index contributed by atoms with van der Waals surface area (Å²) in [6.45, 7) is 13.0. The molecule has 5 aliphatic rings. The second kappa shape index (κ2) is 13.7. The molecule has 0 unspecified atom stereocenters. The molecule has 12 heteroatoms. The van der Waals surface area contributed by atoms with Gasteiger partial charge >= 0.3 is 12.1 Å². The van der Waals surface area contributed by atoms with Crippen molar-refractivity contribution in [2.75, 3.05) is 27.3 Å². The minimum atomic E-state index is -1.57. The predicted octanol–water partition coefficient (Wildman–Crippen LogP) is 2.81. The van der Waals surface area contributed by atoms with E-state index in [1.807, 2.05) is 32.8 Å². The fraction of sp³-hybridized carbons (Fsp3) is 0.909. The lowest BCUT2D eigenvalue weighted by Crippen LogP contribution is -2.61. The summed E-state index contributed by atoms with van der Waals surface area (Å²) in [5.41, 5.74) is -3.66. The number of ether oxygens (including phenoxy) is 5. The third-order valence-corrected chi connectivity index (χ3v) is 11.0. The fourth-order valence-electron chi connectivity index (χ4n) is 8.22. The number of alkyl carbamates (subject to hydrolysis) is 1. The highest BCUT2D eigenvalue weighted by atomic mass is 16.7. The first-order valence-corrected chi connectivity index (χ1v) is 16.7. The maximum atomic E-state index is 14.5. The van der Waals surface area contributed by atoms with Crippen LogP contribution in [-0.4, -0.2) is 114 Å². The largest absolute Gasteiger partial charge is 0.457 e. The van der Waals surface area contributed by atoms with E-state index in [1.165, 1.54) is 0 Å². The van der Waals surface area contributed by atoms with E-state index < -0.39 is 65.3 Å². The molecule has 0 aromatic heterocycles. The van der Waals surface area contributed by atoms with Crippen LogP contribution in [0.5, 0.6) is 0 Å². The number of nitrogens with zero attached hydrogens (tertiary/aromatic N) is 1. The minimum Gasteiger partial charge on any atom is -0.457 e. The van der Waals surface area contributed by atoms with Crippen molar-refractivity contribution in [1.82, 2.24) is 10.2 Å². The Labute approximate surface area is 267 Å². The summed E-state index contributed by atoms with van der Waals surface area (Å²) in [6, 6.07) is -0.733. The van der Waals surface area contributed by atoms with Crippen LogP contribution in [0.3, 0.4) is 0 Å². The molecule has 5 saturated heterocycles. The quantitative estimate of drug-likeness (QED) is 0.300. The van der Waals surface area contributed by atoms with Crippen LogP contribution in [0.4, 0.5) is 4.79 Å². The van der Waals surface area contributed by atoms with Gasteiger partial charge in [0.2, 0.25) is 0 Å². The number of carbonyl (C=O) groups excluding carboxylic acids is 3. The van der Waals surface area contributed by atoms with E-state index in [4.69, 9.17) is 23.7 Å². The Morgan fingerprint density at radius 1 is 1.09 bits per heavy atom. The number of hydrogen-bond donors (Lipinski definition) is 3. The molecule has 1 amide bonds. The van der Waals surface area contributed by atoms with E-state index in [0.717, 1.165) is 12.8 Å². The van der Waals surface area contributed by atoms with Crippen LogP contribution in [0.15, 0.2) is 0 Å². The summed E-state index contributed by atoms with van der Waals surface area (Å²) in [7, 11) is 3.70. The lowest BCUT2D eigenvalue weighted by Gasteiger charge is -2.49. The Morgan fingerprint density at radius 2 is 1.78 bits per heavy atom. The van der Waals surface area contributed by atoms with Crippen molar-refractivity contribution in [2.45, 2.75) is 141 Å². The summed E-state index contributed by atoms with van der Waals surface area (Å²) in [5, 5.41) is 24.3. The highest BCUT2D eigenvalue weighted by Gasteiger charge is 2.58. The number of amides is 1. The van der Waals surface area contributed by atoms with E-state index in [9.17, 15) is 24.6 Å². The van der Waals surface area contributed by atoms with Gasteiger partial charge in [0.25, 0.3) is 0 Å². The normalized spacial score (nSPS) is 46.8. The van der Waals surface area contributed by atoms with Crippen LogP contribution in [0.1, 0.15) is 87.0 Å². The molecule has 0 saturated carbocycles. The molecule has 13 atom stereocenters. The number of rotatable bonds is 5. The number of esters is 1. The zero-order valence-corrected chi connectivity index (χ0v) is 28.5. The first-order chi connectivity index (χ1) is 21.0. The Hall–Kier alpha value is -1.83. The zero-order chi connectivity index (χ0) is 33.5. The summed E-state index contributed by atoms with van der Waals surface area (Å²) >= 11 is 0. The van der Waals surface area contributed by atoms with Crippen LogP contribution < -0.4 is 5.32 Å². The molecule has 5 fully saturated rings. The number of likely N-dealkylation sites (N-methyl/N-ethyl adjacent to an activating group) is 1. The molecule has 3 N–H and O–H groups in total. The van der Waals surface area contributed by atoms with Gasteiger partial charge in [-0.15, -0.1) is 0 Å². The highest BCUT2D eigenvalue weighted by Crippen LogP contribution is 2.44. The third-order valence-electron chi connectivity index (χ3n) is 11.0. The number of hydrogen-bond acceptors (Lipinski definition) is 11. The smallest absolute Gasteiger partial charge is 0.408 e. The summed E-state index contributed by atoms with van der Waals surface area (Å²) < 4.78 is 31.3. The molecule has 2 bridgehead atoms. The maximum Gasteiger partial charge on any atom is 0.408 e. The van der Waals surface area contributed by atoms with Gasteiger partial charge in [0.1, 0.15) is 17.6 Å². The van der Waals surface area contributed by atoms with E-state index in [0.29, 0.717) is 19.3 Å². The zero-order valence-electron chi connectivity index (χ0n) is 28.5. The van der Waals surface area contributed by atoms with Crippen LogP contribution in [0, 0.1) is 23.2 Å². The van der Waals surface area contributed by atoms with Crippen LogP contribution >= 0.6 is 0 Å². The standard InChI is InChI=1S/C33H56N2O10/c1-10-23-33(7)25(34-30(40)45-33)19(3)12-11-18(2)16-32(6)27(20(4)26(38)31(5,13-14-41-32)29(39)43-23)44-28-24(37)22(35(8)9)15-21(17-36)42-28/h18-25,27-28,36-37H,10-17H2,1-9H3,(H,34,40)/t18-,19-,20-,21-,22-,23+,24+,25+,27+,28-,31+,32+,33+/m0/s1. The second-order valence-corrected chi connectivity index (χ2v) is 14.9. The molecule has 258 valence electrons. The van der Waals surface area contributed by atoms with Gasteiger partial charge in [0, 0.05) is 18.6 Å². The molecule has 0 radical (unpaired) electrons. The molecule has 0 aromatic rings. The van der Waals surface area contributed by atoms with Crippen molar-refractivity contribution in [2.24, 2.45) is 23.2 Å². The average molecular weight is 641 g/mol. The Kier molecular flexibility index (Phi) is 11.0. The number of Topliss-reactive ketones (excluding diaryl/α,β-unsaturated/α-hetero) is 1. The van der Waals surface area contributed by atoms with E-state index in [1.54, 1.807) is 20.8 Å². The minimum absolute atomic E-state index is 0.00207. The van der Waals surface area contributed by atoms with Crippen molar-refractivity contribution in [3.05, 3.63) is 0 Å². The van der Waals surface area contributed by atoms with Crippen molar-refractivity contribution in [3.8, 4) is 0 Å². The monoisotopic (exact) mass is 640 g/mol. The number of ketones is 1. The average Bonchev–Trinajstić information content (AvgIpc) is 3.30. The molecule has 5 rings (SSSR count). The van der Waals surface area contributed by atoms with E-state index in [-0.39, 0.29) is 49.3 Å². The second-order valence-electron chi connectivity index (χ2n) is 14.9.